The molecule has 0 aromatic heterocycles. The smallest absolute Gasteiger partial charge is 0.317 e. The Morgan fingerprint density at radius 3 is 3.00 bits per heavy atom. The second-order valence-electron chi connectivity index (χ2n) is 5.41. The summed E-state index contributed by atoms with van der Waals surface area (Å²) in [7, 11) is 0. The summed E-state index contributed by atoms with van der Waals surface area (Å²) < 4.78 is 5.33. The molecule has 1 saturated heterocycles. The van der Waals surface area contributed by atoms with Crippen LogP contribution < -0.4 is 5.32 Å². The van der Waals surface area contributed by atoms with Gasteiger partial charge >= 0.3 is 6.03 Å². The lowest BCUT2D eigenvalue weighted by Crippen LogP contribution is -2.52. The lowest BCUT2D eigenvalue weighted by molar-refractivity contribution is -0.0404. The Morgan fingerprint density at radius 1 is 1.55 bits per heavy atom. The number of ether oxygens (including phenoxy) is 1. The summed E-state index contributed by atoms with van der Waals surface area (Å²) in [6.07, 6.45) is 0.315. The van der Waals surface area contributed by atoms with Gasteiger partial charge in [0.15, 0.2) is 0 Å². The molecule has 0 aliphatic carbocycles. The molecule has 1 aliphatic rings. The van der Waals surface area contributed by atoms with Crippen molar-refractivity contribution in [2.24, 2.45) is 0 Å². The molecule has 22 heavy (non-hydrogen) atoms. The topological polar surface area (TPSA) is 61.8 Å². The summed E-state index contributed by atoms with van der Waals surface area (Å²) in [6, 6.07) is 5.12. The zero-order chi connectivity index (χ0) is 16.1. The maximum absolute atomic E-state index is 12.2. The molecule has 0 spiro atoms. The van der Waals surface area contributed by atoms with Crippen LogP contribution in [0.3, 0.4) is 0 Å². The van der Waals surface area contributed by atoms with E-state index in [2.05, 4.69) is 5.32 Å². The first-order valence-electron chi connectivity index (χ1n) is 7.21. The van der Waals surface area contributed by atoms with Crippen molar-refractivity contribution in [2.75, 3.05) is 26.3 Å². The van der Waals surface area contributed by atoms with Gasteiger partial charge in [0.05, 0.1) is 25.9 Å². The fraction of sp³-hybridized carbons (Fsp3) is 0.533. The van der Waals surface area contributed by atoms with Crippen LogP contribution in [0, 0.1) is 0 Å². The third kappa shape index (κ3) is 4.74. The highest BCUT2D eigenvalue weighted by molar-refractivity contribution is 6.35. The van der Waals surface area contributed by atoms with Crippen LogP contribution in [-0.2, 0) is 11.2 Å². The molecule has 1 aromatic carbocycles. The second kappa shape index (κ2) is 8.02. The van der Waals surface area contributed by atoms with Crippen molar-refractivity contribution in [3.63, 3.8) is 0 Å². The van der Waals surface area contributed by atoms with Crippen molar-refractivity contribution < 1.29 is 14.6 Å². The highest BCUT2D eigenvalue weighted by Gasteiger charge is 2.24. The summed E-state index contributed by atoms with van der Waals surface area (Å²) >= 11 is 12.0. The number of hydrogen-bond donors (Lipinski definition) is 2. The lowest BCUT2D eigenvalue weighted by Gasteiger charge is -2.33. The molecule has 7 heteroatoms. The highest BCUT2D eigenvalue weighted by Crippen LogP contribution is 2.22. The second-order valence-corrected chi connectivity index (χ2v) is 6.26. The number of benzene rings is 1. The molecule has 2 amide bonds. The maximum Gasteiger partial charge on any atom is 0.317 e. The van der Waals surface area contributed by atoms with Crippen LogP contribution in [0.5, 0.6) is 0 Å². The summed E-state index contributed by atoms with van der Waals surface area (Å²) in [4.78, 5) is 13.9. The molecule has 2 unspecified atom stereocenters. The van der Waals surface area contributed by atoms with Gasteiger partial charge < -0.3 is 20.1 Å². The van der Waals surface area contributed by atoms with Crippen LogP contribution in [0.1, 0.15) is 12.5 Å². The average molecular weight is 347 g/mol. The number of aliphatic hydroxyl groups is 1. The van der Waals surface area contributed by atoms with Crippen LogP contribution in [0.15, 0.2) is 18.2 Å². The number of nitrogens with one attached hydrogen (secondary N) is 1. The predicted octanol–water partition coefficient (Wildman–Crippen LogP) is 2.33. The summed E-state index contributed by atoms with van der Waals surface area (Å²) in [5, 5.41) is 13.2. The fourth-order valence-corrected chi connectivity index (χ4v) is 2.87. The van der Waals surface area contributed by atoms with Crippen molar-refractivity contribution >= 4 is 29.2 Å². The van der Waals surface area contributed by atoms with Crippen LogP contribution in [0.25, 0.3) is 0 Å². The molecule has 0 saturated carbocycles. The van der Waals surface area contributed by atoms with Gasteiger partial charge in [-0.15, -0.1) is 0 Å². The number of carbonyl (C=O) groups is 1. The molecule has 1 heterocycles. The third-order valence-electron chi connectivity index (χ3n) is 3.54. The molecule has 0 bridgehead atoms. The fourth-order valence-electron chi connectivity index (χ4n) is 2.38. The van der Waals surface area contributed by atoms with E-state index in [4.69, 9.17) is 33.0 Å². The van der Waals surface area contributed by atoms with E-state index >= 15 is 0 Å². The van der Waals surface area contributed by atoms with Crippen molar-refractivity contribution in [3.8, 4) is 0 Å². The van der Waals surface area contributed by atoms with Crippen LogP contribution in [-0.4, -0.2) is 54.5 Å². The first-order valence-corrected chi connectivity index (χ1v) is 7.97. The van der Waals surface area contributed by atoms with Crippen LogP contribution in [0.4, 0.5) is 4.79 Å². The molecule has 1 fully saturated rings. The SMILES string of the molecule is CC(Cc1ccc(Cl)cc1Cl)NC(=O)N1CCOC(CO)C1. The summed E-state index contributed by atoms with van der Waals surface area (Å²) in [5.74, 6) is 0. The van der Waals surface area contributed by atoms with Gasteiger partial charge in [-0.3, -0.25) is 0 Å². The molecule has 1 aliphatic heterocycles. The van der Waals surface area contributed by atoms with Gasteiger partial charge in [-0.05, 0) is 31.0 Å². The number of halogens is 2. The molecule has 0 radical (unpaired) electrons. The van der Waals surface area contributed by atoms with E-state index < -0.39 is 0 Å². The minimum Gasteiger partial charge on any atom is -0.394 e. The standard InChI is InChI=1S/C15H20Cl2N2O3/c1-10(6-11-2-3-12(16)7-14(11)17)18-15(21)19-4-5-22-13(8-19)9-20/h2-3,7,10,13,20H,4-6,8-9H2,1H3,(H,18,21). The zero-order valence-electron chi connectivity index (χ0n) is 12.4. The molecular formula is C15H20Cl2N2O3. The number of carbonyl (C=O) groups excluding carboxylic acids is 1. The normalized spacial score (nSPS) is 19.8. The van der Waals surface area contributed by atoms with E-state index in [0.717, 1.165) is 5.56 Å². The largest absolute Gasteiger partial charge is 0.394 e. The van der Waals surface area contributed by atoms with Gasteiger partial charge in [0.2, 0.25) is 0 Å². The van der Waals surface area contributed by atoms with Gasteiger partial charge in [0, 0.05) is 22.6 Å². The number of aliphatic hydroxyl groups excluding tert-OH is 1. The monoisotopic (exact) mass is 346 g/mol. The Kier molecular flexibility index (Phi) is 6.32. The molecule has 1 aromatic rings. The van der Waals surface area contributed by atoms with E-state index in [1.54, 1.807) is 17.0 Å². The molecule has 5 nitrogen and oxygen atoms in total. The summed E-state index contributed by atoms with van der Waals surface area (Å²) in [6.45, 7) is 3.20. The quantitative estimate of drug-likeness (QED) is 0.879. The van der Waals surface area contributed by atoms with E-state index in [1.165, 1.54) is 0 Å². The number of urea groups is 1. The van der Waals surface area contributed by atoms with Crippen molar-refractivity contribution in [1.29, 1.82) is 0 Å². The van der Waals surface area contributed by atoms with E-state index in [0.29, 0.717) is 36.2 Å². The van der Waals surface area contributed by atoms with Crippen LogP contribution in [0.2, 0.25) is 10.0 Å². The van der Waals surface area contributed by atoms with Crippen LogP contribution >= 0.6 is 23.2 Å². The molecule has 2 atom stereocenters. The number of nitrogens with zero attached hydrogens (tertiary/aromatic N) is 1. The number of hydrogen-bond acceptors (Lipinski definition) is 3. The Hall–Kier alpha value is -1.01. The van der Waals surface area contributed by atoms with Crippen molar-refractivity contribution in [1.82, 2.24) is 10.2 Å². The van der Waals surface area contributed by atoms with Gasteiger partial charge in [0.25, 0.3) is 0 Å². The first kappa shape index (κ1) is 17.3. The molecule has 2 rings (SSSR count). The van der Waals surface area contributed by atoms with Gasteiger partial charge in [-0.1, -0.05) is 29.3 Å². The average Bonchev–Trinajstić information content (AvgIpc) is 2.50. The zero-order valence-corrected chi connectivity index (χ0v) is 13.9. The number of rotatable bonds is 4. The van der Waals surface area contributed by atoms with Gasteiger partial charge in [0.1, 0.15) is 0 Å². The molecular weight excluding hydrogens is 327 g/mol. The Labute approximate surface area is 140 Å². The van der Waals surface area contributed by atoms with E-state index in [9.17, 15) is 4.79 Å². The first-order chi connectivity index (χ1) is 10.5. The lowest BCUT2D eigenvalue weighted by atomic mass is 10.1. The molecule has 122 valence electrons. The minimum absolute atomic E-state index is 0.0680. The van der Waals surface area contributed by atoms with Gasteiger partial charge in [-0.2, -0.15) is 0 Å². The van der Waals surface area contributed by atoms with Crippen molar-refractivity contribution in [3.05, 3.63) is 33.8 Å². The number of amides is 2. The maximum atomic E-state index is 12.2. The Balaban J connectivity index is 1.88. The predicted molar refractivity (Wildman–Crippen MR) is 86.6 cm³/mol. The Bertz CT molecular complexity index is 528. The molecule has 2 N–H and O–H groups in total. The summed E-state index contributed by atoms with van der Waals surface area (Å²) in [5.41, 5.74) is 0.939. The van der Waals surface area contributed by atoms with Crippen molar-refractivity contribution in [2.45, 2.75) is 25.5 Å². The Morgan fingerprint density at radius 2 is 2.32 bits per heavy atom. The number of morpholine rings is 1. The van der Waals surface area contributed by atoms with E-state index in [1.807, 2.05) is 13.0 Å². The minimum atomic E-state index is -0.305. The van der Waals surface area contributed by atoms with E-state index in [-0.39, 0.29) is 24.8 Å². The third-order valence-corrected chi connectivity index (χ3v) is 4.13. The highest BCUT2D eigenvalue weighted by atomic mass is 35.5. The van der Waals surface area contributed by atoms with Gasteiger partial charge in [-0.25, -0.2) is 4.79 Å².